The van der Waals surface area contributed by atoms with Gasteiger partial charge in [0.15, 0.2) is 0 Å². The first-order valence-electron chi connectivity index (χ1n) is 5.51. The lowest BCUT2D eigenvalue weighted by Gasteiger charge is -2.38. The average Bonchev–Trinajstić information content (AvgIpc) is 2.30. The van der Waals surface area contributed by atoms with Gasteiger partial charge in [-0.15, -0.1) is 0 Å². The first kappa shape index (κ1) is 13.1. The molecule has 0 amide bonds. The van der Waals surface area contributed by atoms with Crippen molar-refractivity contribution in [1.29, 1.82) is 0 Å². The fourth-order valence-electron chi connectivity index (χ4n) is 1.87. The van der Waals surface area contributed by atoms with Gasteiger partial charge in [0.05, 0.1) is 28.2 Å². The molecule has 0 saturated carbocycles. The summed E-state index contributed by atoms with van der Waals surface area (Å²) in [7, 11) is 0. The Hall–Kier alpha value is -0.360. The second-order valence-electron chi connectivity index (χ2n) is 4.15. The number of anilines is 1. The van der Waals surface area contributed by atoms with Crippen molar-refractivity contribution in [3.8, 4) is 0 Å². The summed E-state index contributed by atoms with van der Waals surface area (Å²) < 4.78 is 6.52. The van der Waals surface area contributed by atoms with Gasteiger partial charge in [-0.3, -0.25) is 0 Å². The maximum absolute atomic E-state index is 5.89. The molecule has 0 aliphatic carbocycles. The largest absolute Gasteiger partial charge is 0.373 e. The van der Waals surface area contributed by atoms with E-state index >= 15 is 0 Å². The highest BCUT2D eigenvalue weighted by atomic mass is 79.9. The molecule has 0 bridgehead atoms. The number of hydrogen-bond donors (Lipinski definition) is 1. The van der Waals surface area contributed by atoms with Crippen LogP contribution in [0.3, 0.4) is 0 Å². The maximum Gasteiger partial charge on any atom is 0.143 e. The van der Waals surface area contributed by atoms with Gasteiger partial charge in [-0.25, -0.2) is 4.98 Å². The molecule has 2 N–H and O–H groups in total. The van der Waals surface area contributed by atoms with Crippen LogP contribution in [0.4, 0.5) is 5.82 Å². The summed E-state index contributed by atoms with van der Waals surface area (Å²) in [4.78, 5) is 6.57. The lowest BCUT2D eigenvalue weighted by molar-refractivity contribution is 0.0279. The Morgan fingerprint density at radius 1 is 1.71 bits per heavy atom. The summed E-state index contributed by atoms with van der Waals surface area (Å²) in [6.45, 7) is 4.05. The molecule has 1 aromatic rings. The van der Waals surface area contributed by atoms with Gasteiger partial charge < -0.3 is 15.4 Å². The van der Waals surface area contributed by atoms with E-state index in [1.165, 1.54) is 0 Å². The highest BCUT2D eigenvalue weighted by molar-refractivity contribution is 9.10. The summed E-state index contributed by atoms with van der Waals surface area (Å²) >= 11 is 9.38. The normalized spacial score (nSPS) is 25.1. The lowest BCUT2D eigenvalue weighted by atomic mass is 10.2. The van der Waals surface area contributed by atoms with Gasteiger partial charge in [-0.2, -0.15) is 0 Å². The average molecular weight is 321 g/mol. The molecule has 4 nitrogen and oxygen atoms in total. The minimum atomic E-state index is 0.0654. The first-order chi connectivity index (χ1) is 8.11. The van der Waals surface area contributed by atoms with Crippen LogP contribution < -0.4 is 10.6 Å². The molecule has 1 fully saturated rings. The Kier molecular flexibility index (Phi) is 4.25. The van der Waals surface area contributed by atoms with Crippen molar-refractivity contribution in [1.82, 2.24) is 4.98 Å². The predicted molar refractivity (Wildman–Crippen MR) is 72.5 cm³/mol. The van der Waals surface area contributed by atoms with E-state index in [-0.39, 0.29) is 12.1 Å². The minimum absolute atomic E-state index is 0.0654. The number of hydrogen-bond acceptors (Lipinski definition) is 4. The standard InChI is InChI=1S/C11H15BrClN3O/c1-7-6-17-9(3-14)5-16(7)11-10(12)2-8(13)4-15-11/h2,4,7,9H,3,5-6,14H2,1H3. The van der Waals surface area contributed by atoms with Crippen LogP contribution in [0.2, 0.25) is 5.02 Å². The molecule has 17 heavy (non-hydrogen) atoms. The molecule has 0 spiro atoms. The second-order valence-corrected chi connectivity index (χ2v) is 5.44. The van der Waals surface area contributed by atoms with Crippen molar-refractivity contribution >= 4 is 33.3 Å². The molecule has 2 atom stereocenters. The van der Waals surface area contributed by atoms with Crippen molar-refractivity contribution in [2.24, 2.45) is 5.73 Å². The molecular weight excluding hydrogens is 305 g/mol. The van der Waals surface area contributed by atoms with E-state index < -0.39 is 0 Å². The molecule has 2 heterocycles. The van der Waals surface area contributed by atoms with Crippen molar-refractivity contribution < 1.29 is 4.74 Å². The molecule has 0 aromatic carbocycles. The molecule has 94 valence electrons. The van der Waals surface area contributed by atoms with Gasteiger partial charge >= 0.3 is 0 Å². The van der Waals surface area contributed by atoms with Gasteiger partial charge in [0, 0.05) is 19.3 Å². The van der Waals surface area contributed by atoms with Crippen LogP contribution in [0.1, 0.15) is 6.92 Å². The molecule has 2 rings (SSSR count). The highest BCUT2D eigenvalue weighted by Crippen LogP contribution is 2.29. The number of ether oxygens (including phenoxy) is 1. The third kappa shape index (κ3) is 2.91. The van der Waals surface area contributed by atoms with E-state index in [1.54, 1.807) is 6.20 Å². The van der Waals surface area contributed by atoms with E-state index in [1.807, 2.05) is 6.07 Å². The van der Waals surface area contributed by atoms with Gasteiger partial charge in [-0.05, 0) is 28.9 Å². The van der Waals surface area contributed by atoms with Crippen molar-refractivity contribution in [3.05, 3.63) is 21.8 Å². The van der Waals surface area contributed by atoms with E-state index in [0.717, 1.165) is 16.8 Å². The molecule has 1 aliphatic rings. The zero-order valence-corrected chi connectivity index (χ0v) is 11.9. The number of nitrogens with zero attached hydrogens (tertiary/aromatic N) is 2. The molecule has 0 radical (unpaired) electrons. The zero-order chi connectivity index (χ0) is 12.4. The highest BCUT2D eigenvalue weighted by Gasteiger charge is 2.27. The fraction of sp³-hybridized carbons (Fsp3) is 0.545. The molecule has 1 aliphatic heterocycles. The molecule has 2 unspecified atom stereocenters. The summed E-state index contributed by atoms with van der Waals surface area (Å²) in [6, 6.07) is 2.13. The zero-order valence-electron chi connectivity index (χ0n) is 9.57. The van der Waals surface area contributed by atoms with Crippen LogP contribution in [0.15, 0.2) is 16.7 Å². The SMILES string of the molecule is CC1COC(CN)CN1c1ncc(Cl)cc1Br. The summed E-state index contributed by atoms with van der Waals surface area (Å²) in [5, 5.41) is 0.622. The Morgan fingerprint density at radius 3 is 3.12 bits per heavy atom. The lowest BCUT2D eigenvalue weighted by Crippen LogP contribution is -2.51. The number of nitrogens with two attached hydrogens (primary N) is 1. The van der Waals surface area contributed by atoms with Gasteiger partial charge in [0.2, 0.25) is 0 Å². The third-order valence-corrected chi connectivity index (χ3v) is 3.62. The van der Waals surface area contributed by atoms with Crippen molar-refractivity contribution in [2.75, 3.05) is 24.6 Å². The van der Waals surface area contributed by atoms with Crippen molar-refractivity contribution in [3.63, 3.8) is 0 Å². The van der Waals surface area contributed by atoms with E-state index in [4.69, 9.17) is 22.1 Å². The molecule has 1 saturated heterocycles. The molecule has 1 aromatic heterocycles. The van der Waals surface area contributed by atoms with Gasteiger partial charge in [0.25, 0.3) is 0 Å². The maximum atomic E-state index is 5.89. The fourth-order valence-corrected chi connectivity index (χ4v) is 2.74. The number of pyridine rings is 1. The van der Waals surface area contributed by atoms with Crippen LogP contribution >= 0.6 is 27.5 Å². The number of morpholine rings is 1. The van der Waals surface area contributed by atoms with Crippen LogP contribution in [-0.4, -0.2) is 36.8 Å². The van der Waals surface area contributed by atoms with E-state index in [2.05, 4.69) is 32.7 Å². The predicted octanol–water partition coefficient (Wildman–Crippen LogP) is 2.05. The number of rotatable bonds is 2. The summed E-state index contributed by atoms with van der Waals surface area (Å²) in [5.41, 5.74) is 5.65. The topological polar surface area (TPSA) is 51.4 Å². The number of halogens is 2. The van der Waals surface area contributed by atoms with Gasteiger partial charge in [-0.1, -0.05) is 11.6 Å². The Bertz CT molecular complexity index is 404. The van der Waals surface area contributed by atoms with Crippen LogP contribution in [-0.2, 0) is 4.74 Å². The number of aromatic nitrogens is 1. The Balaban J connectivity index is 2.24. The Labute approximate surface area is 114 Å². The quantitative estimate of drug-likeness (QED) is 0.906. The van der Waals surface area contributed by atoms with Crippen LogP contribution in [0, 0.1) is 0 Å². The first-order valence-corrected chi connectivity index (χ1v) is 6.68. The van der Waals surface area contributed by atoms with Crippen LogP contribution in [0.5, 0.6) is 0 Å². The summed E-state index contributed by atoms with van der Waals surface area (Å²) in [5.74, 6) is 0.892. The monoisotopic (exact) mass is 319 g/mol. The van der Waals surface area contributed by atoms with E-state index in [9.17, 15) is 0 Å². The third-order valence-electron chi connectivity index (χ3n) is 2.83. The van der Waals surface area contributed by atoms with Crippen molar-refractivity contribution in [2.45, 2.75) is 19.1 Å². The smallest absolute Gasteiger partial charge is 0.143 e. The summed E-state index contributed by atoms with van der Waals surface area (Å²) in [6.07, 6.45) is 1.72. The minimum Gasteiger partial charge on any atom is -0.373 e. The second kappa shape index (κ2) is 5.52. The molecule has 6 heteroatoms. The molecular formula is C11H15BrClN3O. The van der Waals surface area contributed by atoms with E-state index in [0.29, 0.717) is 18.2 Å². The van der Waals surface area contributed by atoms with Crippen LogP contribution in [0.25, 0.3) is 0 Å². The Morgan fingerprint density at radius 2 is 2.47 bits per heavy atom. The van der Waals surface area contributed by atoms with Gasteiger partial charge in [0.1, 0.15) is 5.82 Å².